The van der Waals surface area contributed by atoms with Gasteiger partial charge in [0.15, 0.2) is 0 Å². The molecule has 0 bridgehead atoms. The average Bonchev–Trinajstić information content (AvgIpc) is 2.22. The first-order valence-corrected chi connectivity index (χ1v) is 5.73. The molecule has 0 fully saturated rings. The fraction of sp³-hybridized carbons (Fsp3) is 0.818. The van der Waals surface area contributed by atoms with Crippen molar-refractivity contribution in [3.63, 3.8) is 0 Å². The lowest BCUT2D eigenvalue weighted by Crippen LogP contribution is -2.28. The van der Waals surface area contributed by atoms with E-state index in [1.54, 1.807) is 6.92 Å². The molecule has 0 saturated carbocycles. The highest BCUT2D eigenvalue weighted by Gasteiger charge is 2.12. The van der Waals surface area contributed by atoms with Crippen LogP contribution in [-0.2, 0) is 14.3 Å². The topological polar surface area (TPSA) is 81.4 Å². The van der Waals surface area contributed by atoms with Crippen LogP contribution in [0.4, 0.5) is 0 Å². The fourth-order valence-corrected chi connectivity index (χ4v) is 1.24. The Morgan fingerprint density at radius 1 is 1.38 bits per heavy atom. The average molecular weight is 230 g/mol. The maximum absolute atomic E-state index is 11.2. The second kappa shape index (κ2) is 9.15. The van der Waals surface area contributed by atoms with Crippen molar-refractivity contribution in [2.75, 3.05) is 19.7 Å². The summed E-state index contributed by atoms with van der Waals surface area (Å²) in [5.74, 6) is -0.567. The summed E-state index contributed by atoms with van der Waals surface area (Å²) in [6, 6.07) is 0. The monoisotopic (exact) mass is 230 g/mol. The highest BCUT2D eigenvalue weighted by atomic mass is 16.5. The van der Waals surface area contributed by atoms with Crippen molar-refractivity contribution in [2.24, 2.45) is 11.7 Å². The zero-order chi connectivity index (χ0) is 12.4. The molecular formula is C11H22N2O3. The van der Waals surface area contributed by atoms with E-state index in [0.717, 1.165) is 19.4 Å². The highest BCUT2D eigenvalue weighted by Crippen LogP contribution is 1.97. The largest absolute Gasteiger partial charge is 0.466 e. The molecule has 3 N–H and O–H groups in total. The number of primary amides is 1. The first kappa shape index (κ1) is 14.9. The minimum atomic E-state index is -0.264. The summed E-state index contributed by atoms with van der Waals surface area (Å²) in [6.45, 7) is 5.44. The van der Waals surface area contributed by atoms with Crippen LogP contribution < -0.4 is 11.1 Å². The first-order valence-electron chi connectivity index (χ1n) is 5.73. The normalized spacial score (nSPS) is 12.1. The molecule has 1 unspecified atom stereocenters. The number of amides is 1. The van der Waals surface area contributed by atoms with E-state index in [4.69, 9.17) is 10.5 Å². The molecule has 0 rings (SSSR count). The molecule has 5 nitrogen and oxygen atoms in total. The van der Waals surface area contributed by atoms with E-state index in [1.165, 1.54) is 0 Å². The van der Waals surface area contributed by atoms with Crippen molar-refractivity contribution < 1.29 is 14.3 Å². The number of nitrogens with two attached hydrogens (primary N) is 1. The minimum absolute atomic E-state index is 0.129. The van der Waals surface area contributed by atoms with Crippen molar-refractivity contribution in [1.82, 2.24) is 5.32 Å². The van der Waals surface area contributed by atoms with E-state index in [9.17, 15) is 9.59 Å². The number of hydrogen-bond acceptors (Lipinski definition) is 4. The molecule has 0 aliphatic rings. The van der Waals surface area contributed by atoms with Gasteiger partial charge in [0.2, 0.25) is 5.91 Å². The predicted molar refractivity (Wildman–Crippen MR) is 61.7 cm³/mol. The van der Waals surface area contributed by atoms with Gasteiger partial charge in [-0.25, -0.2) is 0 Å². The van der Waals surface area contributed by atoms with Crippen LogP contribution in [-0.4, -0.2) is 31.6 Å². The van der Waals surface area contributed by atoms with E-state index in [0.29, 0.717) is 19.6 Å². The van der Waals surface area contributed by atoms with Gasteiger partial charge in [-0.2, -0.15) is 0 Å². The molecule has 0 spiro atoms. The molecule has 1 atom stereocenters. The van der Waals surface area contributed by atoms with Crippen LogP contribution >= 0.6 is 0 Å². The zero-order valence-electron chi connectivity index (χ0n) is 10.1. The van der Waals surface area contributed by atoms with Crippen LogP contribution in [0.1, 0.15) is 33.1 Å². The first-order chi connectivity index (χ1) is 7.57. The lowest BCUT2D eigenvalue weighted by Gasteiger charge is -2.11. The van der Waals surface area contributed by atoms with Crippen LogP contribution in [0.5, 0.6) is 0 Å². The van der Waals surface area contributed by atoms with E-state index < -0.39 is 0 Å². The summed E-state index contributed by atoms with van der Waals surface area (Å²) in [5, 5.41) is 3.15. The molecule has 0 aliphatic carbocycles. The molecule has 0 aromatic rings. The van der Waals surface area contributed by atoms with Crippen molar-refractivity contribution in [1.29, 1.82) is 0 Å². The SMILES string of the molecule is CCOC(=O)C(C)CNCCCCC(N)=O. The lowest BCUT2D eigenvalue weighted by molar-refractivity contribution is -0.147. The van der Waals surface area contributed by atoms with Gasteiger partial charge in [-0.3, -0.25) is 9.59 Å². The van der Waals surface area contributed by atoms with Gasteiger partial charge in [0.25, 0.3) is 0 Å². The summed E-state index contributed by atoms with van der Waals surface area (Å²) in [5.41, 5.74) is 5.01. The van der Waals surface area contributed by atoms with Crippen LogP contribution in [0.25, 0.3) is 0 Å². The second-order valence-corrected chi connectivity index (χ2v) is 3.78. The molecule has 94 valence electrons. The van der Waals surface area contributed by atoms with Gasteiger partial charge >= 0.3 is 5.97 Å². The van der Waals surface area contributed by atoms with Crippen LogP contribution in [0.15, 0.2) is 0 Å². The lowest BCUT2D eigenvalue weighted by atomic mass is 10.2. The smallest absolute Gasteiger partial charge is 0.309 e. The molecule has 0 aromatic carbocycles. The van der Waals surface area contributed by atoms with Crippen LogP contribution in [0, 0.1) is 5.92 Å². The maximum atomic E-state index is 11.2. The predicted octanol–water partition coefficient (Wildman–Crippen LogP) is 0.431. The molecule has 0 radical (unpaired) electrons. The Balaban J connectivity index is 3.37. The number of ether oxygens (including phenoxy) is 1. The third-order valence-electron chi connectivity index (χ3n) is 2.17. The molecule has 0 aliphatic heterocycles. The molecule has 1 amide bonds. The number of carbonyl (C=O) groups is 2. The summed E-state index contributed by atoms with van der Waals surface area (Å²) >= 11 is 0. The number of rotatable bonds is 9. The van der Waals surface area contributed by atoms with Gasteiger partial charge in [0.1, 0.15) is 0 Å². The number of hydrogen-bond donors (Lipinski definition) is 2. The highest BCUT2D eigenvalue weighted by molar-refractivity contribution is 5.73. The Morgan fingerprint density at radius 2 is 2.06 bits per heavy atom. The zero-order valence-corrected chi connectivity index (χ0v) is 10.1. The number of unbranched alkanes of at least 4 members (excludes halogenated alkanes) is 1. The molecular weight excluding hydrogens is 208 g/mol. The Morgan fingerprint density at radius 3 is 2.62 bits per heavy atom. The Hall–Kier alpha value is -1.10. The van der Waals surface area contributed by atoms with E-state index >= 15 is 0 Å². The van der Waals surface area contributed by atoms with E-state index in [2.05, 4.69) is 5.32 Å². The molecule has 0 saturated heterocycles. The van der Waals surface area contributed by atoms with Crippen LogP contribution in [0.3, 0.4) is 0 Å². The van der Waals surface area contributed by atoms with Crippen molar-refractivity contribution >= 4 is 11.9 Å². The Labute approximate surface area is 96.7 Å². The van der Waals surface area contributed by atoms with Gasteiger partial charge in [0, 0.05) is 13.0 Å². The van der Waals surface area contributed by atoms with Crippen LogP contribution in [0.2, 0.25) is 0 Å². The molecule has 5 heteroatoms. The van der Waals surface area contributed by atoms with Gasteiger partial charge in [-0.1, -0.05) is 6.92 Å². The number of esters is 1. The van der Waals surface area contributed by atoms with Gasteiger partial charge in [0.05, 0.1) is 12.5 Å². The maximum Gasteiger partial charge on any atom is 0.309 e. The van der Waals surface area contributed by atoms with Gasteiger partial charge in [-0.05, 0) is 26.3 Å². The summed E-state index contributed by atoms with van der Waals surface area (Å²) < 4.78 is 4.87. The molecule has 0 heterocycles. The standard InChI is InChI=1S/C11H22N2O3/c1-3-16-11(15)9(2)8-13-7-5-4-6-10(12)14/h9,13H,3-8H2,1-2H3,(H2,12,14). The summed E-state index contributed by atoms with van der Waals surface area (Å²) in [7, 11) is 0. The Bertz CT molecular complexity index is 219. The third-order valence-corrected chi connectivity index (χ3v) is 2.17. The van der Waals surface area contributed by atoms with Crippen molar-refractivity contribution in [3.8, 4) is 0 Å². The quantitative estimate of drug-likeness (QED) is 0.444. The van der Waals surface area contributed by atoms with Gasteiger partial charge < -0.3 is 15.8 Å². The molecule has 16 heavy (non-hydrogen) atoms. The number of nitrogens with one attached hydrogen (secondary N) is 1. The summed E-state index contributed by atoms with van der Waals surface area (Å²) in [4.78, 5) is 21.7. The molecule has 0 aromatic heterocycles. The van der Waals surface area contributed by atoms with Gasteiger partial charge in [-0.15, -0.1) is 0 Å². The number of carbonyl (C=O) groups excluding carboxylic acids is 2. The minimum Gasteiger partial charge on any atom is -0.466 e. The van der Waals surface area contributed by atoms with Crippen molar-refractivity contribution in [3.05, 3.63) is 0 Å². The fourth-order valence-electron chi connectivity index (χ4n) is 1.24. The van der Waals surface area contributed by atoms with Crippen molar-refractivity contribution in [2.45, 2.75) is 33.1 Å². The summed E-state index contributed by atoms with van der Waals surface area (Å²) in [6.07, 6.45) is 2.10. The second-order valence-electron chi connectivity index (χ2n) is 3.78. The van der Waals surface area contributed by atoms with E-state index in [-0.39, 0.29) is 17.8 Å². The van der Waals surface area contributed by atoms with E-state index in [1.807, 2.05) is 6.92 Å². The Kier molecular flexibility index (Phi) is 8.52. The third kappa shape index (κ3) is 8.23.